The molecule has 0 saturated carbocycles. The number of fused-ring (bicyclic) bond motifs is 1. The summed E-state index contributed by atoms with van der Waals surface area (Å²) in [7, 11) is 1.70. The van der Waals surface area contributed by atoms with Crippen LogP contribution in [0, 0.1) is 6.92 Å². The van der Waals surface area contributed by atoms with Gasteiger partial charge in [-0.2, -0.15) is 0 Å². The van der Waals surface area contributed by atoms with Gasteiger partial charge in [-0.15, -0.1) is 0 Å². The molecule has 0 heterocycles. The minimum atomic E-state index is 0.273. The minimum absolute atomic E-state index is 0.273. The first-order chi connectivity index (χ1) is 10.2. The van der Waals surface area contributed by atoms with Crippen LogP contribution in [0.25, 0.3) is 10.8 Å². The van der Waals surface area contributed by atoms with Crippen LogP contribution in [0.2, 0.25) is 0 Å². The molecule has 0 spiro atoms. The number of nitrogens with zero attached hydrogens (tertiary/aromatic N) is 1. The first-order valence-corrected chi connectivity index (χ1v) is 6.87. The van der Waals surface area contributed by atoms with Crippen molar-refractivity contribution in [3.63, 3.8) is 0 Å². The monoisotopic (exact) mass is 277 g/mol. The number of phenols is 1. The van der Waals surface area contributed by atoms with Gasteiger partial charge < -0.3 is 5.11 Å². The van der Waals surface area contributed by atoms with Crippen molar-refractivity contribution in [2.45, 2.75) is 6.92 Å². The summed E-state index contributed by atoms with van der Waals surface area (Å²) in [5, 5.41) is 11.8. The minimum Gasteiger partial charge on any atom is -0.507 e. The van der Waals surface area contributed by atoms with Crippen molar-refractivity contribution in [3.05, 3.63) is 77.9 Å². The van der Waals surface area contributed by atoms with E-state index in [1.807, 2.05) is 48.5 Å². The Morgan fingerprint density at radius 3 is 2.14 bits per heavy atom. The van der Waals surface area contributed by atoms with E-state index in [9.17, 15) is 5.11 Å². The molecule has 0 aliphatic rings. The van der Waals surface area contributed by atoms with Crippen LogP contribution in [0.1, 0.15) is 11.1 Å². The molecule has 3 aromatic carbocycles. The van der Waals surface area contributed by atoms with E-state index in [2.05, 4.69) is 24.0 Å². The maximum absolute atomic E-state index is 9.65. The van der Waals surface area contributed by atoms with Crippen molar-refractivity contribution in [1.82, 2.24) is 0 Å². The Morgan fingerprint density at radius 2 is 1.52 bits per heavy atom. The molecule has 0 bridgehead atoms. The third-order valence-electron chi connectivity index (χ3n) is 3.15. The first-order valence-electron chi connectivity index (χ1n) is 6.87. The number of phenolic OH excluding ortho intramolecular Hbond substituents is 1. The Hall–Kier alpha value is -2.61. The fourth-order valence-electron chi connectivity index (χ4n) is 2.08. The van der Waals surface area contributed by atoms with Crippen LogP contribution < -0.4 is 0 Å². The molecule has 0 amide bonds. The molecular formula is C19H19NO. The van der Waals surface area contributed by atoms with Gasteiger partial charge in [-0.3, -0.25) is 4.99 Å². The molecule has 0 aliphatic carbocycles. The second kappa shape index (κ2) is 7.25. The molecule has 0 saturated heterocycles. The van der Waals surface area contributed by atoms with Gasteiger partial charge >= 0.3 is 0 Å². The lowest BCUT2D eigenvalue weighted by Gasteiger charge is -2.03. The standard InChI is InChI=1S/C12H11NO.C7H8/c1-13-8-11-10-5-3-2-4-9(10)6-7-12(11)14;1-7-5-3-2-4-6-7/h2-8,14H,1H3;2-6H,1H3. The molecule has 3 aromatic rings. The van der Waals surface area contributed by atoms with Gasteiger partial charge in [0.2, 0.25) is 0 Å². The summed E-state index contributed by atoms with van der Waals surface area (Å²) >= 11 is 0. The summed E-state index contributed by atoms with van der Waals surface area (Å²) in [4.78, 5) is 3.93. The van der Waals surface area contributed by atoms with Gasteiger partial charge in [-0.1, -0.05) is 66.2 Å². The Morgan fingerprint density at radius 1 is 0.857 bits per heavy atom. The fraction of sp³-hybridized carbons (Fsp3) is 0.105. The fourth-order valence-corrected chi connectivity index (χ4v) is 2.08. The second-order valence-corrected chi connectivity index (χ2v) is 4.76. The zero-order valence-electron chi connectivity index (χ0n) is 12.3. The average molecular weight is 277 g/mol. The molecular weight excluding hydrogens is 258 g/mol. The Kier molecular flexibility index (Phi) is 5.10. The lowest BCUT2D eigenvalue weighted by Crippen LogP contribution is -1.85. The van der Waals surface area contributed by atoms with E-state index in [0.717, 1.165) is 16.3 Å². The predicted molar refractivity (Wildman–Crippen MR) is 90.3 cm³/mol. The summed E-state index contributed by atoms with van der Waals surface area (Å²) in [5.41, 5.74) is 2.10. The van der Waals surface area contributed by atoms with Crippen LogP contribution >= 0.6 is 0 Å². The molecule has 106 valence electrons. The van der Waals surface area contributed by atoms with Gasteiger partial charge in [0.05, 0.1) is 0 Å². The Labute approximate surface area is 125 Å². The molecule has 2 heteroatoms. The number of benzene rings is 3. The number of rotatable bonds is 1. The van der Waals surface area contributed by atoms with Crippen molar-refractivity contribution >= 4 is 17.0 Å². The first kappa shape index (κ1) is 14.8. The normalized spacial score (nSPS) is 10.4. The van der Waals surface area contributed by atoms with E-state index in [0.29, 0.717) is 0 Å². The third-order valence-corrected chi connectivity index (χ3v) is 3.15. The zero-order chi connectivity index (χ0) is 15.1. The van der Waals surface area contributed by atoms with E-state index < -0.39 is 0 Å². The quantitative estimate of drug-likeness (QED) is 0.648. The number of aromatic hydroxyl groups is 1. The topological polar surface area (TPSA) is 32.6 Å². The smallest absolute Gasteiger partial charge is 0.124 e. The summed E-state index contributed by atoms with van der Waals surface area (Å²) in [6.45, 7) is 2.08. The highest BCUT2D eigenvalue weighted by atomic mass is 16.3. The van der Waals surface area contributed by atoms with E-state index in [-0.39, 0.29) is 5.75 Å². The maximum atomic E-state index is 9.65. The number of aliphatic imine (C=N–C) groups is 1. The van der Waals surface area contributed by atoms with Crippen LogP contribution in [0.15, 0.2) is 71.7 Å². The van der Waals surface area contributed by atoms with E-state index in [4.69, 9.17) is 0 Å². The van der Waals surface area contributed by atoms with Gasteiger partial charge in [-0.25, -0.2) is 0 Å². The third kappa shape index (κ3) is 3.93. The van der Waals surface area contributed by atoms with E-state index >= 15 is 0 Å². The van der Waals surface area contributed by atoms with Crippen molar-refractivity contribution in [3.8, 4) is 5.75 Å². The molecule has 0 radical (unpaired) electrons. The maximum Gasteiger partial charge on any atom is 0.124 e. The van der Waals surface area contributed by atoms with Crippen LogP contribution in [-0.4, -0.2) is 18.4 Å². The van der Waals surface area contributed by atoms with Crippen LogP contribution in [-0.2, 0) is 0 Å². The highest BCUT2D eigenvalue weighted by Crippen LogP contribution is 2.25. The largest absolute Gasteiger partial charge is 0.507 e. The molecule has 1 N–H and O–H groups in total. The molecule has 0 unspecified atom stereocenters. The summed E-state index contributed by atoms with van der Waals surface area (Å²) in [6.07, 6.45) is 1.68. The molecule has 2 nitrogen and oxygen atoms in total. The van der Waals surface area contributed by atoms with Gasteiger partial charge in [0, 0.05) is 18.8 Å². The highest BCUT2D eigenvalue weighted by Gasteiger charge is 2.02. The Balaban J connectivity index is 0.000000194. The van der Waals surface area contributed by atoms with Gasteiger partial charge in [0.1, 0.15) is 5.75 Å². The van der Waals surface area contributed by atoms with Crippen LogP contribution in [0.3, 0.4) is 0 Å². The molecule has 0 fully saturated rings. The number of aryl methyl sites for hydroxylation is 1. The zero-order valence-corrected chi connectivity index (χ0v) is 12.3. The Bertz CT molecular complexity index is 733. The second-order valence-electron chi connectivity index (χ2n) is 4.76. The van der Waals surface area contributed by atoms with Gasteiger partial charge in [0.25, 0.3) is 0 Å². The van der Waals surface area contributed by atoms with E-state index in [1.165, 1.54) is 5.56 Å². The van der Waals surface area contributed by atoms with E-state index in [1.54, 1.807) is 19.3 Å². The average Bonchev–Trinajstić information content (AvgIpc) is 2.52. The highest BCUT2D eigenvalue weighted by molar-refractivity contribution is 6.02. The van der Waals surface area contributed by atoms with Crippen molar-refractivity contribution < 1.29 is 5.11 Å². The summed E-state index contributed by atoms with van der Waals surface area (Å²) < 4.78 is 0. The predicted octanol–water partition coefficient (Wildman–Crippen LogP) is 4.59. The van der Waals surface area contributed by atoms with Crippen molar-refractivity contribution in [2.24, 2.45) is 4.99 Å². The van der Waals surface area contributed by atoms with Gasteiger partial charge in [-0.05, 0) is 23.8 Å². The summed E-state index contributed by atoms with van der Waals surface area (Å²) in [5.74, 6) is 0.273. The lowest BCUT2D eigenvalue weighted by molar-refractivity contribution is 0.475. The SMILES string of the molecule is CN=Cc1c(O)ccc2ccccc12.Cc1ccccc1. The van der Waals surface area contributed by atoms with Gasteiger partial charge in [0.15, 0.2) is 0 Å². The molecule has 3 rings (SSSR count). The van der Waals surface area contributed by atoms with Crippen LogP contribution in [0.4, 0.5) is 0 Å². The van der Waals surface area contributed by atoms with Crippen molar-refractivity contribution in [1.29, 1.82) is 0 Å². The van der Waals surface area contributed by atoms with Crippen molar-refractivity contribution in [2.75, 3.05) is 7.05 Å². The molecule has 0 aromatic heterocycles. The lowest BCUT2D eigenvalue weighted by atomic mass is 10.0. The van der Waals surface area contributed by atoms with Crippen LogP contribution in [0.5, 0.6) is 5.75 Å². The molecule has 0 atom stereocenters. The molecule has 0 aliphatic heterocycles. The molecule has 21 heavy (non-hydrogen) atoms. The summed E-state index contributed by atoms with van der Waals surface area (Å²) in [6, 6.07) is 21.8. The number of hydrogen-bond donors (Lipinski definition) is 1. The number of hydrogen-bond acceptors (Lipinski definition) is 2.